The summed E-state index contributed by atoms with van der Waals surface area (Å²) in [6.07, 6.45) is 8.20. The summed E-state index contributed by atoms with van der Waals surface area (Å²) < 4.78 is 4.37. The number of hydrogen-bond donors (Lipinski definition) is 0. The molecule has 0 N–H and O–H groups in total. The Morgan fingerprint density at radius 1 is 1.00 bits per heavy atom. The summed E-state index contributed by atoms with van der Waals surface area (Å²) in [4.78, 5) is 24.4. The van der Waals surface area contributed by atoms with Crippen molar-refractivity contribution in [1.82, 2.24) is 24.0 Å². The molecule has 4 heterocycles. The van der Waals surface area contributed by atoms with Crippen molar-refractivity contribution in [3.63, 3.8) is 0 Å². The van der Waals surface area contributed by atoms with Gasteiger partial charge < -0.3 is 9.47 Å². The zero-order chi connectivity index (χ0) is 19.4. The molecule has 1 aromatic carbocycles. The molecule has 6 heteroatoms. The molecule has 3 aromatic heterocycles. The van der Waals surface area contributed by atoms with E-state index in [2.05, 4.69) is 44.9 Å². The minimum Gasteiger partial charge on any atom is -0.339 e. The summed E-state index contributed by atoms with van der Waals surface area (Å²) in [6, 6.07) is 12.3. The van der Waals surface area contributed by atoms with Gasteiger partial charge in [0.05, 0.1) is 16.6 Å². The predicted octanol–water partition coefficient (Wildman–Crippen LogP) is 4.02. The van der Waals surface area contributed by atoms with E-state index < -0.39 is 0 Å². The second-order valence-corrected chi connectivity index (χ2v) is 8.22. The van der Waals surface area contributed by atoms with E-state index in [-0.39, 0.29) is 5.91 Å². The van der Waals surface area contributed by atoms with Gasteiger partial charge in [-0.2, -0.15) is 0 Å². The molecular formula is C23H23N5O. The van der Waals surface area contributed by atoms with Gasteiger partial charge in [0.2, 0.25) is 5.95 Å². The molecule has 1 saturated carbocycles. The highest BCUT2D eigenvalue weighted by Crippen LogP contribution is 2.38. The molecular weight excluding hydrogens is 362 g/mol. The molecule has 1 aliphatic heterocycles. The summed E-state index contributed by atoms with van der Waals surface area (Å²) in [5.74, 6) is 1.37. The van der Waals surface area contributed by atoms with Crippen LogP contribution in [0.15, 0.2) is 48.8 Å². The molecule has 2 aliphatic rings. The summed E-state index contributed by atoms with van der Waals surface area (Å²) in [6.45, 7) is 2.65. The number of fused-ring (bicyclic) bond motifs is 3. The molecule has 0 unspecified atom stereocenters. The normalized spacial score (nSPS) is 16.9. The van der Waals surface area contributed by atoms with Crippen LogP contribution < -0.4 is 0 Å². The summed E-state index contributed by atoms with van der Waals surface area (Å²) in [5, 5.41) is 1.15. The maximum Gasteiger partial charge on any atom is 0.271 e. The maximum atomic E-state index is 13.4. The van der Waals surface area contributed by atoms with Crippen molar-refractivity contribution in [2.45, 2.75) is 32.2 Å². The van der Waals surface area contributed by atoms with Crippen molar-refractivity contribution in [2.75, 3.05) is 13.1 Å². The molecule has 146 valence electrons. The van der Waals surface area contributed by atoms with Gasteiger partial charge in [0.15, 0.2) is 0 Å². The number of carbonyl (C=O) groups excluding carboxylic acids is 1. The van der Waals surface area contributed by atoms with Crippen LogP contribution in [0.4, 0.5) is 0 Å². The zero-order valence-electron chi connectivity index (χ0n) is 16.3. The van der Waals surface area contributed by atoms with Gasteiger partial charge in [0.1, 0.15) is 5.69 Å². The first-order valence-electron chi connectivity index (χ1n) is 10.5. The molecule has 6 nitrogen and oxygen atoms in total. The number of likely N-dealkylation sites (tertiary alicyclic amines) is 1. The lowest BCUT2D eigenvalue weighted by molar-refractivity contribution is 0.0785. The fourth-order valence-corrected chi connectivity index (χ4v) is 4.61. The molecule has 4 aromatic rings. The average Bonchev–Trinajstić information content (AvgIpc) is 3.17. The van der Waals surface area contributed by atoms with E-state index in [1.807, 2.05) is 15.5 Å². The van der Waals surface area contributed by atoms with E-state index in [9.17, 15) is 4.79 Å². The van der Waals surface area contributed by atoms with Crippen LogP contribution in [0.25, 0.3) is 27.9 Å². The first kappa shape index (κ1) is 16.8. The minimum atomic E-state index is 0.0770. The van der Waals surface area contributed by atoms with Crippen LogP contribution in [-0.2, 0) is 6.54 Å². The first-order chi connectivity index (χ1) is 14.3. The number of aromatic nitrogens is 4. The number of carbonyl (C=O) groups is 1. The first-order valence-corrected chi connectivity index (χ1v) is 10.5. The topological polar surface area (TPSA) is 56.0 Å². The number of rotatable bonds is 4. The van der Waals surface area contributed by atoms with Crippen LogP contribution in [0.3, 0.4) is 0 Å². The second kappa shape index (κ2) is 6.44. The van der Waals surface area contributed by atoms with Gasteiger partial charge in [-0.3, -0.25) is 9.36 Å². The van der Waals surface area contributed by atoms with E-state index in [0.717, 1.165) is 54.8 Å². The minimum absolute atomic E-state index is 0.0770. The largest absolute Gasteiger partial charge is 0.339 e. The standard InChI is InChI=1S/C23H23N5O/c29-22(26-12-3-4-13-26)20-14-19-21(28(20)23-24-10-5-11-25-23)17-6-1-2-7-18(17)27(19)15-16-8-9-16/h1-2,5-7,10-11,14,16H,3-4,8-9,12-13,15H2. The monoisotopic (exact) mass is 385 g/mol. The number of para-hydroxylation sites is 1. The van der Waals surface area contributed by atoms with Crippen LogP contribution >= 0.6 is 0 Å². The zero-order valence-corrected chi connectivity index (χ0v) is 16.3. The number of nitrogens with zero attached hydrogens (tertiary/aromatic N) is 5. The van der Waals surface area contributed by atoms with E-state index in [1.165, 1.54) is 18.4 Å². The third-order valence-corrected chi connectivity index (χ3v) is 6.22. The molecule has 2 fully saturated rings. The molecule has 0 radical (unpaired) electrons. The van der Waals surface area contributed by atoms with E-state index in [4.69, 9.17) is 0 Å². The van der Waals surface area contributed by atoms with Crippen LogP contribution in [-0.4, -0.2) is 43.0 Å². The van der Waals surface area contributed by atoms with Gasteiger partial charge in [0, 0.05) is 37.4 Å². The Balaban J connectivity index is 1.65. The van der Waals surface area contributed by atoms with E-state index in [1.54, 1.807) is 12.4 Å². The Kier molecular flexibility index (Phi) is 3.72. The highest BCUT2D eigenvalue weighted by Gasteiger charge is 2.30. The van der Waals surface area contributed by atoms with Crippen molar-refractivity contribution in [2.24, 2.45) is 5.92 Å². The molecule has 1 aliphatic carbocycles. The van der Waals surface area contributed by atoms with Gasteiger partial charge in [-0.15, -0.1) is 0 Å². The van der Waals surface area contributed by atoms with Gasteiger partial charge in [-0.1, -0.05) is 18.2 Å². The third-order valence-electron chi connectivity index (χ3n) is 6.22. The molecule has 29 heavy (non-hydrogen) atoms. The van der Waals surface area contributed by atoms with E-state index >= 15 is 0 Å². The van der Waals surface area contributed by atoms with Crippen LogP contribution in [0.1, 0.15) is 36.2 Å². The Morgan fingerprint density at radius 2 is 1.76 bits per heavy atom. The molecule has 0 atom stereocenters. The average molecular weight is 385 g/mol. The Morgan fingerprint density at radius 3 is 2.52 bits per heavy atom. The summed E-state index contributed by atoms with van der Waals surface area (Å²) >= 11 is 0. The maximum absolute atomic E-state index is 13.4. The van der Waals surface area contributed by atoms with Gasteiger partial charge >= 0.3 is 0 Å². The second-order valence-electron chi connectivity index (χ2n) is 8.22. The molecule has 0 bridgehead atoms. The quantitative estimate of drug-likeness (QED) is 0.533. The lowest BCUT2D eigenvalue weighted by atomic mass is 10.2. The van der Waals surface area contributed by atoms with Crippen LogP contribution in [0.5, 0.6) is 0 Å². The fourth-order valence-electron chi connectivity index (χ4n) is 4.61. The Labute approximate surface area is 168 Å². The number of benzene rings is 1. The fraction of sp³-hybridized carbons (Fsp3) is 0.348. The lowest BCUT2D eigenvalue weighted by Gasteiger charge is -2.16. The summed E-state index contributed by atoms with van der Waals surface area (Å²) in [5.41, 5.74) is 4.02. The van der Waals surface area contributed by atoms with Gasteiger partial charge in [-0.05, 0) is 49.8 Å². The van der Waals surface area contributed by atoms with Crippen molar-refractivity contribution in [1.29, 1.82) is 0 Å². The highest BCUT2D eigenvalue weighted by molar-refractivity contribution is 6.11. The molecule has 1 saturated heterocycles. The lowest BCUT2D eigenvalue weighted by Crippen LogP contribution is -2.29. The van der Waals surface area contributed by atoms with Crippen molar-refractivity contribution < 1.29 is 4.79 Å². The Bertz CT molecular complexity index is 1210. The predicted molar refractivity (Wildman–Crippen MR) is 112 cm³/mol. The van der Waals surface area contributed by atoms with Crippen molar-refractivity contribution in [3.05, 3.63) is 54.5 Å². The van der Waals surface area contributed by atoms with Crippen molar-refractivity contribution in [3.8, 4) is 5.95 Å². The van der Waals surface area contributed by atoms with Crippen LogP contribution in [0.2, 0.25) is 0 Å². The van der Waals surface area contributed by atoms with E-state index in [0.29, 0.717) is 11.6 Å². The van der Waals surface area contributed by atoms with Gasteiger partial charge in [-0.25, -0.2) is 9.97 Å². The molecule has 0 spiro atoms. The van der Waals surface area contributed by atoms with Crippen LogP contribution in [0, 0.1) is 5.92 Å². The smallest absolute Gasteiger partial charge is 0.271 e. The number of amides is 1. The third kappa shape index (κ3) is 2.66. The van der Waals surface area contributed by atoms with Gasteiger partial charge in [0.25, 0.3) is 5.91 Å². The summed E-state index contributed by atoms with van der Waals surface area (Å²) in [7, 11) is 0. The number of hydrogen-bond acceptors (Lipinski definition) is 3. The SMILES string of the molecule is O=C(c1cc2c(c3ccccc3n2CC2CC2)n1-c1ncccn1)N1CCCC1. The highest BCUT2D eigenvalue weighted by atomic mass is 16.2. The van der Waals surface area contributed by atoms with Crippen molar-refractivity contribution >= 4 is 27.8 Å². The molecule has 6 rings (SSSR count). The Hall–Kier alpha value is -3.15. The molecule has 1 amide bonds.